The lowest BCUT2D eigenvalue weighted by molar-refractivity contribution is -0.132. The van der Waals surface area contributed by atoms with Gasteiger partial charge in [-0.1, -0.05) is 17.3 Å². The van der Waals surface area contributed by atoms with Gasteiger partial charge in [0.15, 0.2) is 0 Å². The van der Waals surface area contributed by atoms with Crippen molar-refractivity contribution in [2.45, 2.75) is 57.9 Å². The van der Waals surface area contributed by atoms with Crippen molar-refractivity contribution in [3.8, 4) is 11.4 Å². The minimum atomic E-state index is 0.140. The van der Waals surface area contributed by atoms with Crippen LogP contribution in [0.2, 0.25) is 0 Å². The first-order valence-electron chi connectivity index (χ1n) is 10.8. The summed E-state index contributed by atoms with van der Waals surface area (Å²) in [6.07, 6.45) is 5.45. The largest absolute Gasteiger partial charge is 0.396 e. The van der Waals surface area contributed by atoms with Gasteiger partial charge in [0.05, 0.1) is 11.7 Å². The molecule has 1 aromatic carbocycles. The molecule has 0 aliphatic carbocycles. The molecule has 0 bridgehead atoms. The van der Waals surface area contributed by atoms with Crippen molar-refractivity contribution in [1.82, 2.24) is 24.8 Å². The van der Waals surface area contributed by atoms with E-state index in [1.54, 1.807) is 0 Å². The Morgan fingerprint density at radius 3 is 2.80 bits per heavy atom. The number of aliphatic hydroxyl groups excluding tert-OH is 1. The maximum atomic E-state index is 12.3. The highest BCUT2D eigenvalue weighted by molar-refractivity contribution is 5.83. The van der Waals surface area contributed by atoms with Gasteiger partial charge in [0.2, 0.25) is 17.6 Å². The average Bonchev–Trinajstić information content (AvgIpc) is 3.41. The number of nitrogens with zero attached hydrogens (tertiary/aromatic N) is 5. The van der Waals surface area contributed by atoms with Crippen molar-refractivity contribution in [2.24, 2.45) is 0 Å². The molecule has 1 aliphatic rings. The van der Waals surface area contributed by atoms with Crippen LogP contribution in [0.15, 0.2) is 28.9 Å². The van der Waals surface area contributed by atoms with Crippen molar-refractivity contribution >= 4 is 16.8 Å². The Bertz CT molecular complexity index is 1000. The number of hydrogen-bond donors (Lipinski definition) is 1. The molecule has 8 nitrogen and oxygen atoms in total. The Morgan fingerprint density at radius 2 is 2.07 bits per heavy atom. The van der Waals surface area contributed by atoms with Gasteiger partial charge in [0.25, 0.3) is 0 Å². The molecule has 1 N–H and O–H groups in total. The normalized spacial score (nSPS) is 15.4. The quantitative estimate of drug-likeness (QED) is 0.597. The molecule has 8 heteroatoms. The van der Waals surface area contributed by atoms with Gasteiger partial charge in [-0.2, -0.15) is 10.1 Å². The van der Waals surface area contributed by atoms with Gasteiger partial charge >= 0.3 is 0 Å². The molecule has 3 heterocycles. The molecule has 1 saturated heterocycles. The summed E-state index contributed by atoms with van der Waals surface area (Å²) >= 11 is 0. The van der Waals surface area contributed by atoms with E-state index in [0.717, 1.165) is 35.7 Å². The first kappa shape index (κ1) is 20.5. The van der Waals surface area contributed by atoms with Crippen molar-refractivity contribution in [2.75, 3.05) is 19.7 Å². The minimum absolute atomic E-state index is 0.140. The summed E-state index contributed by atoms with van der Waals surface area (Å²) in [5.74, 6) is 1.58. The van der Waals surface area contributed by atoms with Crippen LogP contribution in [0.5, 0.6) is 0 Å². The summed E-state index contributed by atoms with van der Waals surface area (Å²) in [4.78, 5) is 18.8. The number of carbonyl (C=O) groups is 1. The molecule has 4 rings (SSSR count). The summed E-state index contributed by atoms with van der Waals surface area (Å²) in [6, 6.07) is 6.37. The number of fused-ring (bicyclic) bond motifs is 1. The van der Waals surface area contributed by atoms with E-state index in [0.29, 0.717) is 37.6 Å². The Labute approximate surface area is 175 Å². The summed E-state index contributed by atoms with van der Waals surface area (Å²) in [7, 11) is 0. The topological polar surface area (TPSA) is 97.3 Å². The van der Waals surface area contributed by atoms with Gasteiger partial charge in [0.1, 0.15) is 0 Å². The molecule has 0 radical (unpaired) electrons. The molecule has 1 amide bonds. The molecular formula is C22H29N5O3. The van der Waals surface area contributed by atoms with Gasteiger partial charge in [0, 0.05) is 49.0 Å². The van der Waals surface area contributed by atoms with E-state index in [2.05, 4.69) is 35.2 Å². The first-order valence-corrected chi connectivity index (χ1v) is 10.8. The summed E-state index contributed by atoms with van der Waals surface area (Å²) < 4.78 is 7.58. The summed E-state index contributed by atoms with van der Waals surface area (Å²) in [5, 5.41) is 18.6. The Morgan fingerprint density at radius 1 is 1.27 bits per heavy atom. The molecule has 2 aromatic heterocycles. The zero-order valence-corrected chi connectivity index (χ0v) is 17.6. The minimum Gasteiger partial charge on any atom is -0.396 e. The Balaban J connectivity index is 1.42. The highest BCUT2D eigenvalue weighted by Crippen LogP contribution is 2.30. The third-order valence-corrected chi connectivity index (χ3v) is 5.78. The van der Waals surface area contributed by atoms with Gasteiger partial charge in [-0.3, -0.25) is 9.48 Å². The predicted molar refractivity (Wildman–Crippen MR) is 113 cm³/mol. The number of unbranched alkanes of at least 4 members (excludes halogenated alkanes) is 1. The number of piperidine rings is 1. The standard InChI is InChI=1S/C22H29N5O3/c1-15(2)27-19-13-17(6-7-18(19)14-23-27)21-24-22(30-25-21)16-8-10-26(11-9-16)20(29)5-3-4-12-28/h6-7,13-16,28H,3-5,8-12H2,1-2H3. The van der Waals surface area contributed by atoms with Crippen LogP contribution in [0, 0.1) is 0 Å². The van der Waals surface area contributed by atoms with Crippen LogP contribution in [0.3, 0.4) is 0 Å². The smallest absolute Gasteiger partial charge is 0.230 e. The van der Waals surface area contributed by atoms with Crippen LogP contribution in [0.1, 0.15) is 63.8 Å². The lowest BCUT2D eigenvalue weighted by Gasteiger charge is -2.30. The lowest BCUT2D eigenvalue weighted by atomic mass is 9.96. The number of likely N-dealkylation sites (tertiary alicyclic amines) is 1. The van der Waals surface area contributed by atoms with Crippen molar-refractivity contribution in [1.29, 1.82) is 0 Å². The number of aromatic nitrogens is 4. The second-order valence-corrected chi connectivity index (χ2v) is 8.25. The van der Waals surface area contributed by atoms with Crippen molar-refractivity contribution in [3.63, 3.8) is 0 Å². The summed E-state index contributed by atoms with van der Waals surface area (Å²) in [5.41, 5.74) is 1.97. The van der Waals surface area contributed by atoms with Gasteiger partial charge in [-0.15, -0.1) is 0 Å². The zero-order chi connectivity index (χ0) is 21.1. The van der Waals surface area contributed by atoms with Gasteiger partial charge < -0.3 is 14.5 Å². The summed E-state index contributed by atoms with van der Waals surface area (Å²) in [6.45, 7) is 5.77. The molecule has 3 aromatic rings. The number of rotatable bonds is 7. The SMILES string of the molecule is CC(C)n1ncc2ccc(-c3noc(C4CCN(C(=O)CCCCO)CC4)n3)cc21. The highest BCUT2D eigenvalue weighted by Gasteiger charge is 2.27. The molecule has 1 fully saturated rings. The number of amides is 1. The van der Waals surface area contributed by atoms with E-state index in [9.17, 15) is 4.79 Å². The maximum Gasteiger partial charge on any atom is 0.230 e. The van der Waals surface area contributed by atoms with Crippen LogP contribution in [-0.4, -0.2) is 55.5 Å². The van der Waals surface area contributed by atoms with Gasteiger partial charge in [-0.25, -0.2) is 0 Å². The molecule has 0 saturated carbocycles. The average molecular weight is 412 g/mol. The molecule has 0 atom stereocenters. The predicted octanol–water partition coefficient (Wildman–Crippen LogP) is 3.54. The molecule has 0 spiro atoms. The molecule has 30 heavy (non-hydrogen) atoms. The van der Waals surface area contributed by atoms with E-state index in [1.165, 1.54) is 0 Å². The second-order valence-electron chi connectivity index (χ2n) is 8.25. The van der Waals surface area contributed by atoms with Crippen LogP contribution < -0.4 is 0 Å². The van der Waals surface area contributed by atoms with E-state index < -0.39 is 0 Å². The van der Waals surface area contributed by atoms with Crippen molar-refractivity contribution in [3.05, 3.63) is 30.3 Å². The molecule has 160 valence electrons. The third-order valence-electron chi connectivity index (χ3n) is 5.78. The monoisotopic (exact) mass is 411 g/mol. The van der Waals surface area contributed by atoms with E-state index in [4.69, 9.17) is 9.63 Å². The number of hydrogen-bond acceptors (Lipinski definition) is 6. The molecular weight excluding hydrogens is 382 g/mol. The fourth-order valence-corrected chi connectivity index (χ4v) is 4.03. The zero-order valence-electron chi connectivity index (χ0n) is 17.6. The van der Waals surface area contributed by atoms with E-state index in [-0.39, 0.29) is 24.5 Å². The molecule has 1 aliphatic heterocycles. The number of aliphatic hydroxyl groups is 1. The fraction of sp³-hybridized carbons (Fsp3) is 0.545. The van der Waals surface area contributed by atoms with Crippen molar-refractivity contribution < 1.29 is 14.4 Å². The lowest BCUT2D eigenvalue weighted by Crippen LogP contribution is -2.37. The van der Waals surface area contributed by atoms with Crippen LogP contribution in [0.25, 0.3) is 22.3 Å². The van der Waals surface area contributed by atoms with Gasteiger partial charge in [-0.05, 0) is 45.6 Å². The Kier molecular flexibility index (Phi) is 6.13. The van der Waals surface area contributed by atoms with Crippen LogP contribution in [-0.2, 0) is 4.79 Å². The highest BCUT2D eigenvalue weighted by atomic mass is 16.5. The van der Waals surface area contributed by atoms with E-state index in [1.807, 2.05) is 27.9 Å². The third kappa shape index (κ3) is 4.23. The number of carbonyl (C=O) groups excluding carboxylic acids is 1. The fourth-order valence-electron chi connectivity index (χ4n) is 4.03. The first-order chi connectivity index (χ1) is 14.6. The molecule has 0 unspecified atom stereocenters. The van der Waals surface area contributed by atoms with Crippen LogP contribution >= 0.6 is 0 Å². The van der Waals surface area contributed by atoms with E-state index >= 15 is 0 Å². The van der Waals surface area contributed by atoms with Crippen LogP contribution in [0.4, 0.5) is 0 Å². The second kappa shape index (κ2) is 8.95. The maximum absolute atomic E-state index is 12.3. The number of benzene rings is 1. The Hall–Kier alpha value is -2.74.